The van der Waals surface area contributed by atoms with Crippen molar-refractivity contribution in [3.8, 4) is 11.4 Å². The molecule has 0 N–H and O–H groups in total. The second-order valence-electron chi connectivity index (χ2n) is 4.25. The van der Waals surface area contributed by atoms with Crippen molar-refractivity contribution in [1.29, 1.82) is 0 Å². The van der Waals surface area contributed by atoms with Gasteiger partial charge in [-0.15, -0.1) is 0 Å². The van der Waals surface area contributed by atoms with Crippen LogP contribution in [-0.2, 0) is 0 Å². The zero-order chi connectivity index (χ0) is 15.4. The van der Waals surface area contributed by atoms with Crippen LogP contribution in [0.25, 0.3) is 11.8 Å². The molecule has 0 unspecified atom stereocenters. The van der Waals surface area contributed by atoms with Gasteiger partial charge in [-0.1, -0.05) is 12.2 Å². The summed E-state index contributed by atoms with van der Waals surface area (Å²) in [6.45, 7) is 1.80. The first kappa shape index (κ1) is 14.5. The van der Waals surface area contributed by atoms with Gasteiger partial charge in [0.2, 0.25) is 0 Å². The van der Waals surface area contributed by atoms with E-state index >= 15 is 0 Å². The minimum Gasteiger partial charge on any atom is -0.491 e. The number of hydrogen-bond acceptors (Lipinski definition) is 4. The zero-order valence-electron chi connectivity index (χ0n) is 11.6. The summed E-state index contributed by atoms with van der Waals surface area (Å²) >= 11 is 0. The topological polar surface area (TPSA) is 74.4 Å². The van der Waals surface area contributed by atoms with Crippen LogP contribution in [-0.4, -0.2) is 16.6 Å². The summed E-state index contributed by atoms with van der Waals surface area (Å²) in [5, 5.41) is 10.9. The number of allylic oxidation sites excluding steroid dienone is 1. The first-order valence-electron chi connectivity index (χ1n) is 6.25. The van der Waals surface area contributed by atoms with Gasteiger partial charge in [-0.2, -0.15) is 0 Å². The molecule has 1 aromatic heterocycles. The summed E-state index contributed by atoms with van der Waals surface area (Å²) < 4.78 is 6.41. The maximum absolute atomic E-state index is 12.3. The summed E-state index contributed by atoms with van der Waals surface area (Å²) in [5.74, 6) is 0.210. The lowest BCUT2D eigenvalue weighted by atomic mass is 10.1. The van der Waals surface area contributed by atoms with Crippen molar-refractivity contribution in [3.05, 3.63) is 68.6 Å². The zero-order valence-corrected chi connectivity index (χ0v) is 11.6. The highest BCUT2D eigenvalue weighted by molar-refractivity contribution is 5.64. The molecule has 0 aliphatic carbocycles. The van der Waals surface area contributed by atoms with E-state index in [0.717, 1.165) is 0 Å². The number of pyridine rings is 1. The molecule has 0 radical (unpaired) electrons. The number of nitrogens with zero attached hydrogens (tertiary/aromatic N) is 2. The van der Waals surface area contributed by atoms with Crippen molar-refractivity contribution in [2.45, 2.75) is 6.92 Å². The number of ether oxygens (including phenoxy) is 1. The Morgan fingerprint density at radius 2 is 2.10 bits per heavy atom. The van der Waals surface area contributed by atoms with Gasteiger partial charge in [0.05, 0.1) is 17.7 Å². The molecule has 0 aliphatic heterocycles. The van der Waals surface area contributed by atoms with Gasteiger partial charge < -0.3 is 4.74 Å². The first-order valence-corrected chi connectivity index (χ1v) is 6.25. The molecule has 0 spiro atoms. The van der Waals surface area contributed by atoms with E-state index in [1.165, 1.54) is 23.8 Å². The maximum atomic E-state index is 12.3. The highest BCUT2D eigenvalue weighted by atomic mass is 16.6. The van der Waals surface area contributed by atoms with Crippen molar-refractivity contribution in [2.24, 2.45) is 0 Å². The third-order valence-electron chi connectivity index (χ3n) is 2.96. The maximum Gasteiger partial charge on any atom is 0.297 e. The fourth-order valence-corrected chi connectivity index (χ4v) is 2.01. The number of nitro groups is 1. The van der Waals surface area contributed by atoms with Crippen molar-refractivity contribution >= 4 is 11.8 Å². The van der Waals surface area contributed by atoms with Crippen molar-refractivity contribution in [3.63, 3.8) is 0 Å². The monoisotopic (exact) mass is 286 g/mol. The van der Waals surface area contributed by atoms with E-state index in [4.69, 9.17) is 4.74 Å². The SMILES string of the molecule is C/C=C\c1cc([N+](=O)[O-])ccc1-n1cccc(OC)c1=O. The number of aromatic nitrogens is 1. The molecule has 0 saturated carbocycles. The Morgan fingerprint density at radius 1 is 1.33 bits per heavy atom. The van der Waals surface area contributed by atoms with Crippen LogP contribution in [0, 0.1) is 10.1 Å². The van der Waals surface area contributed by atoms with Crippen molar-refractivity contribution < 1.29 is 9.66 Å². The van der Waals surface area contributed by atoms with E-state index in [2.05, 4.69) is 0 Å². The fourth-order valence-electron chi connectivity index (χ4n) is 2.01. The van der Waals surface area contributed by atoms with Gasteiger partial charge in [0.1, 0.15) is 0 Å². The first-order chi connectivity index (χ1) is 10.1. The number of rotatable bonds is 4. The predicted molar refractivity (Wildman–Crippen MR) is 80.0 cm³/mol. The summed E-state index contributed by atoms with van der Waals surface area (Å²) in [6.07, 6.45) is 5.07. The second kappa shape index (κ2) is 6.04. The van der Waals surface area contributed by atoms with Gasteiger partial charge in [0.25, 0.3) is 11.2 Å². The fraction of sp³-hybridized carbons (Fsp3) is 0.133. The molecule has 0 bridgehead atoms. The summed E-state index contributed by atoms with van der Waals surface area (Å²) in [7, 11) is 1.42. The van der Waals surface area contributed by atoms with Crippen LogP contribution >= 0.6 is 0 Å². The highest BCUT2D eigenvalue weighted by Gasteiger charge is 2.12. The van der Waals surface area contributed by atoms with Crippen LogP contribution < -0.4 is 10.3 Å². The predicted octanol–water partition coefficient (Wildman–Crippen LogP) is 2.79. The highest BCUT2D eigenvalue weighted by Crippen LogP contribution is 2.22. The van der Waals surface area contributed by atoms with Gasteiger partial charge in [0, 0.05) is 23.9 Å². The van der Waals surface area contributed by atoms with Gasteiger partial charge in [-0.05, 0) is 25.1 Å². The molecule has 21 heavy (non-hydrogen) atoms. The lowest BCUT2D eigenvalue weighted by molar-refractivity contribution is -0.384. The van der Waals surface area contributed by atoms with E-state index in [9.17, 15) is 14.9 Å². The Balaban J connectivity index is 2.69. The third kappa shape index (κ3) is 2.84. The largest absolute Gasteiger partial charge is 0.491 e. The lowest BCUT2D eigenvalue weighted by Gasteiger charge is -2.10. The molecule has 0 fully saturated rings. The van der Waals surface area contributed by atoms with Crippen LogP contribution in [0.2, 0.25) is 0 Å². The van der Waals surface area contributed by atoms with Crippen LogP contribution in [0.3, 0.4) is 0 Å². The minimum absolute atomic E-state index is 0.0252. The molecule has 1 heterocycles. The number of methoxy groups -OCH3 is 1. The van der Waals surface area contributed by atoms with Crippen molar-refractivity contribution in [2.75, 3.05) is 7.11 Å². The lowest BCUT2D eigenvalue weighted by Crippen LogP contribution is -2.19. The minimum atomic E-state index is -0.467. The summed E-state index contributed by atoms with van der Waals surface area (Å²) in [4.78, 5) is 22.7. The number of non-ortho nitro benzene ring substituents is 1. The Kier molecular flexibility index (Phi) is 4.18. The average Bonchev–Trinajstić information content (AvgIpc) is 2.48. The van der Waals surface area contributed by atoms with E-state index in [0.29, 0.717) is 11.3 Å². The van der Waals surface area contributed by atoms with Crippen LogP contribution in [0.1, 0.15) is 12.5 Å². The molecule has 0 atom stereocenters. The molecule has 108 valence electrons. The average molecular weight is 286 g/mol. The molecular weight excluding hydrogens is 272 g/mol. The molecular formula is C15H14N2O4. The van der Waals surface area contributed by atoms with Crippen LogP contribution in [0.5, 0.6) is 5.75 Å². The van der Waals surface area contributed by atoms with Gasteiger partial charge in [-0.3, -0.25) is 19.5 Å². The van der Waals surface area contributed by atoms with Crippen LogP contribution in [0.4, 0.5) is 5.69 Å². The number of benzene rings is 1. The quantitative estimate of drug-likeness (QED) is 0.639. The summed E-state index contributed by atoms with van der Waals surface area (Å²) in [5.41, 5.74) is 0.798. The molecule has 1 aromatic carbocycles. The molecule has 2 rings (SSSR count). The number of nitro benzene ring substituents is 1. The smallest absolute Gasteiger partial charge is 0.297 e. The summed E-state index contributed by atoms with van der Waals surface area (Å²) in [6, 6.07) is 7.60. The standard InChI is InChI=1S/C15H14N2O4/c1-3-5-11-10-12(17(19)20)7-8-13(11)16-9-4-6-14(21-2)15(16)18/h3-10H,1-2H3/b5-3-. The van der Waals surface area contributed by atoms with E-state index < -0.39 is 4.92 Å². The Hall–Kier alpha value is -2.89. The Labute approximate surface area is 121 Å². The Morgan fingerprint density at radius 3 is 2.71 bits per heavy atom. The Bertz CT molecular complexity index is 763. The molecule has 0 amide bonds. The van der Waals surface area contributed by atoms with Crippen molar-refractivity contribution in [1.82, 2.24) is 4.57 Å². The number of hydrogen-bond donors (Lipinski definition) is 0. The van der Waals surface area contributed by atoms with E-state index in [1.807, 2.05) is 0 Å². The van der Waals surface area contributed by atoms with E-state index in [-0.39, 0.29) is 17.0 Å². The second-order valence-corrected chi connectivity index (χ2v) is 4.25. The van der Waals surface area contributed by atoms with Gasteiger partial charge in [-0.25, -0.2) is 0 Å². The molecule has 6 nitrogen and oxygen atoms in total. The van der Waals surface area contributed by atoms with Crippen LogP contribution in [0.15, 0.2) is 47.4 Å². The molecule has 2 aromatic rings. The third-order valence-corrected chi connectivity index (χ3v) is 2.96. The molecule has 0 aliphatic rings. The normalized spacial score (nSPS) is 10.8. The molecule has 0 saturated heterocycles. The van der Waals surface area contributed by atoms with E-state index in [1.54, 1.807) is 43.5 Å². The molecule has 6 heteroatoms. The van der Waals surface area contributed by atoms with Gasteiger partial charge in [0.15, 0.2) is 5.75 Å². The van der Waals surface area contributed by atoms with Gasteiger partial charge >= 0.3 is 0 Å².